The Hall–Kier alpha value is -0.570. The lowest BCUT2D eigenvalue weighted by Crippen LogP contribution is -2.21. The van der Waals surface area contributed by atoms with Crippen molar-refractivity contribution in [3.05, 3.63) is 0 Å². The van der Waals surface area contributed by atoms with Crippen molar-refractivity contribution >= 4 is 5.97 Å². The highest BCUT2D eigenvalue weighted by Gasteiger charge is 1.93. The smallest absolute Gasteiger partial charge is 0.0512 e. The van der Waals surface area contributed by atoms with Crippen LogP contribution in [0.5, 0.6) is 0 Å². The van der Waals surface area contributed by atoms with Crippen molar-refractivity contribution in [2.75, 3.05) is 0 Å². The van der Waals surface area contributed by atoms with Crippen LogP contribution in [0.4, 0.5) is 0 Å². The number of aliphatic hydroxyl groups excluding tert-OH is 1. The molecule has 0 fully saturated rings. The third-order valence-electron chi connectivity index (χ3n) is 1.00. The molecule has 0 bridgehead atoms. The Labute approximate surface area is 54.3 Å². The molecule has 0 aliphatic rings. The second kappa shape index (κ2) is 4.32. The Morgan fingerprint density at radius 1 is 1.78 bits per heavy atom. The number of carbonyl (C=O) groups excluding carboxylic acids is 1. The molecule has 3 nitrogen and oxygen atoms in total. The molecule has 1 unspecified atom stereocenters. The van der Waals surface area contributed by atoms with Gasteiger partial charge in [0, 0.05) is 5.97 Å². The van der Waals surface area contributed by atoms with Crippen molar-refractivity contribution in [1.29, 1.82) is 0 Å². The summed E-state index contributed by atoms with van der Waals surface area (Å²) in [5.74, 6) is -1.05. The average molecular weight is 131 g/mol. The zero-order valence-electron chi connectivity index (χ0n) is 5.46. The van der Waals surface area contributed by atoms with Gasteiger partial charge in [-0.05, 0) is 26.2 Å². The van der Waals surface area contributed by atoms with Gasteiger partial charge in [0.15, 0.2) is 0 Å². The van der Waals surface area contributed by atoms with E-state index < -0.39 is 12.1 Å². The number of aliphatic carboxylic acids is 1. The van der Waals surface area contributed by atoms with Crippen LogP contribution < -0.4 is 5.11 Å². The van der Waals surface area contributed by atoms with Gasteiger partial charge in [-0.15, -0.1) is 0 Å². The van der Waals surface area contributed by atoms with Crippen molar-refractivity contribution in [3.63, 3.8) is 0 Å². The number of hydrogen-bond donors (Lipinski definition) is 1. The molecule has 0 aromatic carbocycles. The number of aliphatic hydroxyl groups is 1. The van der Waals surface area contributed by atoms with E-state index in [1.165, 1.54) is 0 Å². The van der Waals surface area contributed by atoms with E-state index in [2.05, 4.69) is 0 Å². The highest BCUT2D eigenvalue weighted by Crippen LogP contribution is 1.97. The van der Waals surface area contributed by atoms with Crippen molar-refractivity contribution in [1.82, 2.24) is 0 Å². The van der Waals surface area contributed by atoms with Crippen LogP contribution in [-0.4, -0.2) is 17.2 Å². The van der Waals surface area contributed by atoms with Crippen LogP contribution in [0.15, 0.2) is 0 Å². The molecule has 0 aliphatic heterocycles. The number of rotatable bonds is 4. The summed E-state index contributed by atoms with van der Waals surface area (Å²) in [5, 5.41) is 18.4. The molecule has 0 aromatic rings. The molecule has 9 heavy (non-hydrogen) atoms. The van der Waals surface area contributed by atoms with Crippen molar-refractivity contribution in [2.45, 2.75) is 32.3 Å². The molecule has 0 spiro atoms. The molecule has 0 aromatic heterocycles. The molecule has 0 radical (unpaired) electrons. The van der Waals surface area contributed by atoms with Gasteiger partial charge in [-0.3, -0.25) is 0 Å². The molecule has 3 heteroatoms. The van der Waals surface area contributed by atoms with Crippen LogP contribution in [-0.2, 0) is 4.79 Å². The fourth-order valence-electron chi connectivity index (χ4n) is 0.542. The molecule has 0 rings (SSSR count). The van der Waals surface area contributed by atoms with E-state index in [1.807, 2.05) is 0 Å². The fourth-order valence-corrected chi connectivity index (χ4v) is 0.542. The van der Waals surface area contributed by atoms with E-state index in [4.69, 9.17) is 5.11 Å². The minimum Gasteiger partial charge on any atom is -0.550 e. The first-order valence-corrected chi connectivity index (χ1v) is 3.01. The first kappa shape index (κ1) is 8.43. The summed E-state index contributed by atoms with van der Waals surface area (Å²) in [6.45, 7) is 1.63. The van der Waals surface area contributed by atoms with Gasteiger partial charge in [0.25, 0.3) is 0 Å². The minimum absolute atomic E-state index is 0.0465. The summed E-state index contributed by atoms with van der Waals surface area (Å²) >= 11 is 0. The fraction of sp³-hybridized carbons (Fsp3) is 0.833. The summed E-state index contributed by atoms with van der Waals surface area (Å²) < 4.78 is 0. The number of carboxylic acids is 1. The highest BCUT2D eigenvalue weighted by atomic mass is 16.4. The monoisotopic (exact) mass is 131 g/mol. The van der Waals surface area contributed by atoms with E-state index in [1.54, 1.807) is 6.92 Å². The first-order chi connectivity index (χ1) is 4.13. The molecule has 54 valence electrons. The van der Waals surface area contributed by atoms with Crippen molar-refractivity contribution in [2.24, 2.45) is 0 Å². The number of carbonyl (C=O) groups is 1. The zero-order valence-corrected chi connectivity index (χ0v) is 5.46. The van der Waals surface area contributed by atoms with Gasteiger partial charge in [-0.25, -0.2) is 0 Å². The van der Waals surface area contributed by atoms with Gasteiger partial charge in [-0.1, -0.05) is 0 Å². The summed E-state index contributed by atoms with van der Waals surface area (Å²) in [4.78, 5) is 9.79. The van der Waals surface area contributed by atoms with Gasteiger partial charge in [0.2, 0.25) is 0 Å². The molecule has 0 aliphatic carbocycles. The van der Waals surface area contributed by atoms with E-state index >= 15 is 0 Å². The lowest BCUT2D eigenvalue weighted by molar-refractivity contribution is -0.305. The third-order valence-corrected chi connectivity index (χ3v) is 1.00. The standard InChI is InChI=1S/C6H12O3/c1-5(7)3-2-4-6(8)9/h5,7H,2-4H2,1H3,(H,8,9)/p-1. The lowest BCUT2D eigenvalue weighted by atomic mass is 10.2. The second-order valence-corrected chi connectivity index (χ2v) is 2.11. The second-order valence-electron chi connectivity index (χ2n) is 2.11. The van der Waals surface area contributed by atoms with Crippen molar-refractivity contribution < 1.29 is 15.0 Å². The minimum atomic E-state index is -1.05. The molecule has 0 heterocycles. The molecular formula is C6H11O3-. The van der Waals surface area contributed by atoms with Crippen LogP contribution in [0.1, 0.15) is 26.2 Å². The highest BCUT2D eigenvalue weighted by molar-refractivity contribution is 5.64. The predicted molar refractivity (Wildman–Crippen MR) is 30.5 cm³/mol. The Balaban J connectivity index is 3.01. The van der Waals surface area contributed by atoms with Crippen LogP contribution in [0.25, 0.3) is 0 Å². The lowest BCUT2D eigenvalue weighted by Gasteiger charge is -2.03. The van der Waals surface area contributed by atoms with Gasteiger partial charge < -0.3 is 15.0 Å². The SMILES string of the molecule is CC(O)CCCC(=O)[O-]. The molecular weight excluding hydrogens is 120 g/mol. The molecule has 1 N–H and O–H groups in total. The van der Waals surface area contributed by atoms with Gasteiger partial charge in [0.1, 0.15) is 0 Å². The molecule has 1 atom stereocenters. The van der Waals surface area contributed by atoms with E-state index in [-0.39, 0.29) is 6.42 Å². The molecule has 0 saturated heterocycles. The zero-order chi connectivity index (χ0) is 7.28. The summed E-state index contributed by atoms with van der Waals surface area (Å²) in [5.41, 5.74) is 0. The largest absolute Gasteiger partial charge is 0.550 e. The molecule has 0 amide bonds. The predicted octanol–water partition coefficient (Wildman–Crippen LogP) is -0.713. The summed E-state index contributed by atoms with van der Waals surface area (Å²) in [6.07, 6.45) is 0.683. The van der Waals surface area contributed by atoms with Crippen LogP contribution in [0.3, 0.4) is 0 Å². The number of hydrogen-bond acceptors (Lipinski definition) is 3. The van der Waals surface area contributed by atoms with E-state index in [9.17, 15) is 9.90 Å². The maximum Gasteiger partial charge on any atom is 0.0512 e. The van der Waals surface area contributed by atoms with Gasteiger partial charge >= 0.3 is 0 Å². The Morgan fingerprint density at radius 2 is 2.33 bits per heavy atom. The van der Waals surface area contributed by atoms with Crippen molar-refractivity contribution in [3.8, 4) is 0 Å². The van der Waals surface area contributed by atoms with Crippen LogP contribution in [0.2, 0.25) is 0 Å². The van der Waals surface area contributed by atoms with Gasteiger partial charge in [0.05, 0.1) is 6.10 Å². The topological polar surface area (TPSA) is 60.4 Å². The third kappa shape index (κ3) is 7.43. The summed E-state index contributed by atoms with van der Waals surface area (Å²) in [7, 11) is 0. The maximum atomic E-state index is 9.79. The summed E-state index contributed by atoms with van der Waals surface area (Å²) in [6, 6.07) is 0. The number of carboxylic acid groups (broad SMARTS) is 1. The van der Waals surface area contributed by atoms with Gasteiger partial charge in [-0.2, -0.15) is 0 Å². The quantitative estimate of drug-likeness (QED) is 0.548. The Bertz CT molecular complexity index is 88.3. The van der Waals surface area contributed by atoms with E-state index in [0.29, 0.717) is 12.8 Å². The first-order valence-electron chi connectivity index (χ1n) is 3.01. The maximum absolute atomic E-state index is 9.79. The van der Waals surface area contributed by atoms with Crippen LogP contribution >= 0.6 is 0 Å². The normalized spacial score (nSPS) is 13.1. The molecule has 0 saturated carbocycles. The average Bonchev–Trinajstić information content (AvgIpc) is 1.63. The Morgan fingerprint density at radius 3 is 2.67 bits per heavy atom. The van der Waals surface area contributed by atoms with E-state index in [0.717, 1.165) is 0 Å². The van der Waals surface area contributed by atoms with Crippen LogP contribution in [0, 0.1) is 0 Å². The Kier molecular flexibility index (Phi) is 4.05.